The molecule has 0 amide bonds. The van der Waals surface area contributed by atoms with E-state index in [1.807, 2.05) is 0 Å². The molecule has 0 fully saturated rings. The average Bonchev–Trinajstić information content (AvgIpc) is 2.73. The van der Waals surface area contributed by atoms with Gasteiger partial charge in [0.1, 0.15) is 22.6 Å². The maximum absolute atomic E-state index is 12.1. The summed E-state index contributed by atoms with van der Waals surface area (Å²) in [7, 11) is 0. The van der Waals surface area contributed by atoms with E-state index in [0.717, 1.165) is 12.5 Å². The Kier molecular flexibility index (Phi) is 6.30. The van der Waals surface area contributed by atoms with Crippen molar-refractivity contribution in [1.29, 1.82) is 0 Å². The molecule has 31 heavy (non-hydrogen) atoms. The molecule has 2 aromatic carbocycles. The summed E-state index contributed by atoms with van der Waals surface area (Å²) in [5, 5.41) is 19.8. The summed E-state index contributed by atoms with van der Waals surface area (Å²) in [4.78, 5) is 40.0. The zero-order valence-corrected chi connectivity index (χ0v) is 16.8. The van der Waals surface area contributed by atoms with E-state index in [1.54, 1.807) is 54.6 Å². The highest BCUT2D eigenvalue weighted by atomic mass is 16.5. The minimum absolute atomic E-state index is 0.133. The highest BCUT2D eigenvalue weighted by molar-refractivity contribution is 6.06. The number of benzene rings is 2. The van der Waals surface area contributed by atoms with Crippen LogP contribution in [0.25, 0.3) is 0 Å². The number of aliphatic imine (C=N–C) groups is 1. The van der Waals surface area contributed by atoms with Crippen LogP contribution in [0, 0.1) is 0 Å². The molecule has 2 N–H and O–H groups in total. The highest BCUT2D eigenvalue weighted by Gasteiger charge is 2.23. The number of hydrogen-bond acceptors (Lipinski definition) is 8. The van der Waals surface area contributed by atoms with Crippen LogP contribution in [0.3, 0.4) is 0 Å². The number of Topliss-reactive ketones (excluding diaryl/α,β-unsaturated/α-hetero) is 1. The molecule has 8 nitrogen and oxygen atoms in total. The summed E-state index contributed by atoms with van der Waals surface area (Å²) in [6, 6.07) is 15.2. The van der Waals surface area contributed by atoms with Crippen LogP contribution in [0.1, 0.15) is 45.7 Å². The van der Waals surface area contributed by atoms with E-state index >= 15 is 0 Å². The molecule has 1 heterocycles. The second kappa shape index (κ2) is 9.08. The summed E-state index contributed by atoms with van der Waals surface area (Å²) in [5.41, 5.74) is -0.472. The molecule has 0 atom stereocenters. The minimum atomic E-state index is -1.01. The van der Waals surface area contributed by atoms with Crippen LogP contribution >= 0.6 is 0 Å². The Morgan fingerprint density at radius 3 is 2.23 bits per heavy atom. The van der Waals surface area contributed by atoms with Crippen molar-refractivity contribution >= 4 is 17.5 Å². The fourth-order valence-electron chi connectivity index (χ4n) is 2.84. The van der Waals surface area contributed by atoms with Crippen molar-refractivity contribution in [2.45, 2.75) is 20.4 Å². The SMILES string of the molecule is CC(=O)c1c(O)oc(=O)c(C(C)=NCc2ccc(OC(=O)c3ccccc3)cc2)c1O. The van der Waals surface area contributed by atoms with Gasteiger partial charge in [-0.2, -0.15) is 0 Å². The number of aromatic hydroxyl groups is 2. The van der Waals surface area contributed by atoms with E-state index in [0.29, 0.717) is 11.3 Å². The molecule has 3 rings (SSSR count). The number of carbonyl (C=O) groups is 2. The van der Waals surface area contributed by atoms with Crippen LogP contribution in [0.15, 0.2) is 68.8 Å². The van der Waals surface area contributed by atoms with Gasteiger partial charge in [0.25, 0.3) is 5.95 Å². The predicted octanol–water partition coefficient (Wildman–Crippen LogP) is 3.48. The second-order valence-electron chi connectivity index (χ2n) is 6.65. The molecule has 0 aliphatic carbocycles. The van der Waals surface area contributed by atoms with Gasteiger partial charge in [-0.05, 0) is 43.7 Å². The van der Waals surface area contributed by atoms with Crippen molar-refractivity contribution < 1.29 is 29.0 Å². The van der Waals surface area contributed by atoms with Gasteiger partial charge < -0.3 is 19.4 Å². The molecule has 0 aliphatic heterocycles. The molecule has 1 aromatic heterocycles. The largest absolute Gasteiger partial charge is 0.506 e. The van der Waals surface area contributed by atoms with E-state index < -0.39 is 34.6 Å². The molecular formula is C23H19NO7. The van der Waals surface area contributed by atoms with Gasteiger partial charge in [-0.3, -0.25) is 9.79 Å². The Balaban J connectivity index is 1.75. The van der Waals surface area contributed by atoms with Crippen LogP contribution in [0.4, 0.5) is 0 Å². The van der Waals surface area contributed by atoms with Gasteiger partial charge in [0.2, 0.25) is 0 Å². The molecule has 0 spiro atoms. The number of esters is 1. The van der Waals surface area contributed by atoms with E-state index in [-0.39, 0.29) is 17.8 Å². The van der Waals surface area contributed by atoms with Gasteiger partial charge in [0.15, 0.2) is 5.78 Å². The van der Waals surface area contributed by atoms with Gasteiger partial charge in [-0.25, -0.2) is 9.59 Å². The van der Waals surface area contributed by atoms with Gasteiger partial charge in [0, 0.05) is 0 Å². The number of carbonyl (C=O) groups excluding carboxylic acids is 2. The third-order valence-corrected chi connectivity index (χ3v) is 4.44. The predicted molar refractivity (Wildman–Crippen MR) is 112 cm³/mol. The standard InChI is InChI=1S/C23H19NO7/c1-13(18-20(26)19(14(2)25)23(29)31-22(18)28)24-12-15-8-10-17(11-9-15)30-21(27)16-6-4-3-5-7-16/h3-11,26,29H,12H2,1-2H3. The van der Waals surface area contributed by atoms with Crippen LogP contribution < -0.4 is 10.4 Å². The van der Waals surface area contributed by atoms with E-state index in [2.05, 4.69) is 9.41 Å². The van der Waals surface area contributed by atoms with Crippen molar-refractivity contribution in [3.63, 3.8) is 0 Å². The maximum Gasteiger partial charge on any atom is 0.351 e. The van der Waals surface area contributed by atoms with Gasteiger partial charge in [0.05, 0.1) is 17.8 Å². The highest BCUT2D eigenvalue weighted by Crippen LogP contribution is 2.28. The smallest absolute Gasteiger partial charge is 0.351 e. The molecule has 8 heteroatoms. The van der Waals surface area contributed by atoms with Crippen LogP contribution in [-0.2, 0) is 6.54 Å². The van der Waals surface area contributed by atoms with Crippen LogP contribution in [-0.4, -0.2) is 27.7 Å². The molecule has 158 valence electrons. The second-order valence-corrected chi connectivity index (χ2v) is 6.65. The first-order chi connectivity index (χ1) is 14.8. The molecule has 3 aromatic rings. The average molecular weight is 421 g/mol. The molecule has 0 radical (unpaired) electrons. The van der Waals surface area contributed by atoms with Gasteiger partial charge >= 0.3 is 11.6 Å². The summed E-state index contributed by atoms with van der Waals surface area (Å²) in [5.74, 6) is -2.38. The third-order valence-electron chi connectivity index (χ3n) is 4.44. The summed E-state index contributed by atoms with van der Waals surface area (Å²) >= 11 is 0. The Bertz CT molecular complexity index is 1210. The quantitative estimate of drug-likeness (QED) is 0.270. The lowest BCUT2D eigenvalue weighted by Gasteiger charge is -2.08. The zero-order valence-electron chi connectivity index (χ0n) is 16.8. The number of rotatable bonds is 6. The lowest BCUT2D eigenvalue weighted by atomic mass is 10.1. The van der Waals surface area contributed by atoms with Crippen LogP contribution in [0.5, 0.6) is 17.4 Å². The van der Waals surface area contributed by atoms with Crippen molar-refractivity contribution in [2.24, 2.45) is 4.99 Å². The van der Waals surface area contributed by atoms with Crippen molar-refractivity contribution in [3.05, 3.63) is 87.3 Å². The van der Waals surface area contributed by atoms with E-state index in [4.69, 9.17) is 4.74 Å². The molecule has 0 unspecified atom stereocenters. The number of hydrogen-bond donors (Lipinski definition) is 2. The van der Waals surface area contributed by atoms with Crippen molar-refractivity contribution in [1.82, 2.24) is 0 Å². The normalized spacial score (nSPS) is 11.2. The van der Waals surface area contributed by atoms with Gasteiger partial charge in [-0.15, -0.1) is 0 Å². The number of nitrogens with zero attached hydrogens (tertiary/aromatic N) is 1. The fraction of sp³-hybridized carbons (Fsp3) is 0.130. The maximum atomic E-state index is 12.1. The zero-order chi connectivity index (χ0) is 22.5. The number of ketones is 1. The Hall–Kier alpha value is -4.20. The minimum Gasteiger partial charge on any atom is -0.506 e. The molecule has 0 aliphatic rings. The first-order valence-corrected chi connectivity index (χ1v) is 9.25. The number of ether oxygens (including phenoxy) is 1. The van der Waals surface area contributed by atoms with Crippen molar-refractivity contribution in [3.8, 4) is 17.4 Å². The first-order valence-electron chi connectivity index (χ1n) is 9.25. The van der Waals surface area contributed by atoms with E-state index in [1.165, 1.54) is 6.92 Å². The van der Waals surface area contributed by atoms with Crippen LogP contribution in [0.2, 0.25) is 0 Å². The third kappa shape index (κ3) is 4.87. The van der Waals surface area contributed by atoms with E-state index in [9.17, 15) is 24.6 Å². The Morgan fingerprint density at radius 1 is 0.968 bits per heavy atom. The molecule has 0 saturated heterocycles. The molecule has 0 saturated carbocycles. The summed E-state index contributed by atoms with van der Waals surface area (Å²) < 4.78 is 9.95. The lowest BCUT2D eigenvalue weighted by Crippen LogP contribution is -2.15. The fourth-order valence-corrected chi connectivity index (χ4v) is 2.84. The Labute approximate surface area is 177 Å². The summed E-state index contributed by atoms with van der Waals surface area (Å²) in [6.07, 6.45) is 0. The monoisotopic (exact) mass is 421 g/mol. The lowest BCUT2D eigenvalue weighted by molar-refractivity contribution is 0.0734. The first kappa shape index (κ1) is 21.5. The molecular weight excluding hydrogens is 402 g/mol. The topological polar surface area (TPSA) is 126 Å². The van der Waals surface area contributed by atoms with Crippen molar-refractivity contribution in [2.75, 3.05) is 0 Å². The molecule has 0 bridgehead atoms. The van der Waals surface area contributed by atoms with Gasteiger partial charge in [-0.1, -0.05) is 30.3 Å². The Morgan fingerprint density at radius 2 is 1.61 bits per heavy atom. The summed E-state index contributed by atoms with van der Waals surface area (Å²) in [6.45, 7) is 2.74.